The second kappa shape index (κ2) is 15.0. The number of likely N-dealkylation sites (N-methyl/N-ethyl adjacent to an activating group) is 1. The van der Waals surface area contributed by atoms with Crippen LogP contribution in [0.1, 0.15) is 48.2 Å². The minimum absolute atomic E-state index is 0.0404. The van der Waals surface area contributed by atoms with Crippen LogP contribution < -0.4 is 10.6 Å². The van der Waals surface area contributed by atoms with E-state index in [1.165, 1.54) is 17.6 Å². The van der Waals surface area contributed by atoms with Gasteiger partial charge in [0.15, 0.2) is 5.01 Å². The number of nitrogens with zero attached hydrogens (tertiary/aromatic N) is 3. The summed E-state index contributed by atoms with van der Waals surface area (Å²) in [5, 5.41) is 24.3. The van der Waals surface area contributed by atoms with Gasteiger partial charge in [-0.2, -0.15) is 0 Å². The number of rotatable bonds is 14. The standard InChI is InChI=1S/C29H37F2N5O6S/c1-4-36(29(32-2)9-7-20(8-10-29)42-14-13-41-12-11-40-3)28(39)24-26(38)25(37)21(17-33-24)27-35-34-23(43-27)15-18-5-6-19(30)16-22(18)31/h5-6,16-17,20,32,38H,4,7-15H2,1-3H3,(H,33,37)/p+1. The van der Waals surface area contributed by atoms with Crippen LogP contribution in [-0.4, -0.2) is 90.8 Å². The van der Waals surface area contributed by atoms with Crippen molar-refractivity contribution in [2.75, 3.05) is 47.1 Å². The van der Waals surface area contributed by atoms with Crippen LogP contribution in [0.25, 0.3) is 5.57 Å². The fourth-order valence-corrected chi connectivity index (χ4v) is 6.25. The molecule has 1 aromatic carbocycles. The van der Waals surface area contributed by atoms with Crippen LogP contribution in [0.3, 0.4) is 0 Å². The third-order valence-corrected chi connectivity index (χ3v) is 8.69. The number of aromatic nitrogens is 2. The molecule has 4 N–H and O–H groups in total. The molecule has 0 radical (unpaired) electrons. The maximum atomic E-state index is 14.1. The number of nitrogens with one attached hydrogen (secondary N) is 1. The summed E-state index contributed by atoms with van der Waals surface area (Å²) in [6.07, 6.45) is 4.25. The molecule has 14 heteroatoms. The van der Waals surface area contributed by atoms with Gasteiger partial charge in [0.05, 0.1) is 38.2 Å². The van der Waals surface area contributed by atoms with Crippen LogP contribution in [0.15, 0.2) is 35.9 Å². The van der Waals surface area contributed by atoms with Crippen LogP contribution in [0.5, 0.6) is 0 Å². The van der Waals surface area contributed by atoms with E-state index < -0.39 is 34.7 Å². The Morgan fingerprint density at radius 1 is 1.21 bits per heavy atom. The number of aliphatic hydroxyl groups excluding tert-OH is 1. The highest BCUT2D eigenvalue weighted by molar-refractivity contribution is 7.12. The van der Waals surface area contributed by atoms with Gasteiger partial charge in [0.2, 0.25) is 17.2 Å². The van der Waals surface area contributed by atoms with Crippen LogP contribution >= 0.6 is 11.3 Å². The van der Waals surface area contributed by atoms with Gasteiger partial charge < -0.3 is 24.2 Å². The lowest BCUT2D eigenvalue weighted by Crippen LogP contribution is -2.81. The molecule has 0 saturated heterocycles. The van der Waals surface area contributed by atoms with Gasteiger partial charge in [0.25, 0.3) is 0 Å². The Hall–Kier alpha value is -3.14. The minimum Gasteiger partial charge on any atom is -0.500 e. The average Bonchev–Trinajstić information content (AvgIpc) is 3.47. The summed E-state index contributed by atoms with van der Waals surface area (Å²) in [4.78, 5) is 28.6. The molecular formula is C29H38F2N5O6S+. The van der Waals surface area contributed by atoms with Crippen LogP contribution in [0, 0.1) is 11.6 Å². The number of nitrogens with two attached hydrogens (primary N) is 1. The Balaban J connectivity index is 1.39. The largest absolute Gasteiger partial charge is 0.500 e. The second-order valence-corrected chi connectivity index (χ2v) is 11.3. The fourth-order valence-electron chi connectivity index (χ4n) is 5.37. The average molecular weight is 623 g/mol. The van der Waals surface area contributed by atoms with E-state index in [1.807, 2.05) is 6.92 Å². The molecule has 0 unspecified atom stereocenters. The number of methoxy groups -OCH3 is 1. The molecule has 43 heavy (non-hydrogen) atoms. The molecule has 1 amide bonds. The summed E-state index contributed by atoms with van der Waals surface area (Å²) in [5.74, 6) is -3.26. The van der Waals surface area contributed by atoms with Gasteiger partial charge >= 0.3 is 5.91 Å². The number of aliphatic hydroxyl groups is 1. The Morgan fingerprint density at radius 2 is 1.95 bits per heavy atom. The van der Waals surface area contributed by atoms with Gasteiger partial charge in [-0.25, -0.2) is 8.78 Å². The number of ketones is 1. The Bertz CT molecular complexity index is 1360. The number of carbonyl (C=O) groups is 2. The summed E-state index contributed by atoms with van der Waals surface area (Å²) in [6, 6.07) is 3.28. The smallest absolute Gasteiger partial charge is 0.313 e. The van der Waals surface area contributed by atoms with Crippen molar-refractivity contribution in [3.63, 3.8) is 0 Å². The molecule has 1 fully saturated rings. The number of quaternary nitrogens is 1. The second-order valence-electron chi connectivity index (χ2n) is 10.3. The van der Waals surface area contributed by atoms with Crippen molar-refractivity contribution in [3.05, 3.63) is 63.1 Å². The number of halogens is 2. The molecule has 1 aliphatic carbocycles. The molecule has 2 aliphatic rings. The first kappa shape index (κ1) is 32.8. The zero-order valence-corrected chi connectivity index (χ0v) is 25.3. The molecule has 1 saturated carbocycles. The molecule has 1 aromatic heterocycles. The Morgan fingerprint density at radius 3 is 2.63 bits per heavy atom. The number of hydrogen-bond donors (Lipinski definition) is 3. The first-order valence-electron chi connectivity index (χ1n) is 14.2. The van der Waals surface area contributed by atoms with Crippen molar-refractivity contribution in [3.8, 4) is 0 Å². The SMILES string of the molecule is CCN(C(=O)C1=C(O)C(=O)C(c2nnc(Cc3ccc(F)cc3F)s2)=C[NH2+]1)C1(NC)CCC(OCCOCCOC)CC1. The quantitative estimate of drug-likeness (QED) is 0.213. The molecule has 11 nitrogen and oxygen atoms in total. The van der Waals surface area contributed by atoms with Crippen LogP contribution in [-0.2, 0) is 30.2 Å². The highest BCUT2D eigenvalue weighted by Crippen LogP contribution is 2.34. The number of amides is 1. The number of benzene rings is 1. The molecule has 4 rings (SSSR count). The van der Waals surface area contributed by atoms with Gasteiger partial charge in [-0.1, -0.05) is 17.4 Å². The van der Waals surface area contributed by atoms with Crippen molar-refractivity contribution in [2.24, 2.45) is 0 Å². The molecule has 234 valence electrons. The predicted octanol–water partition coefficient (Wildman–Crippen LogP) is 2.05. The van der Waals surface area contributed by atoms with Gasteiger partial charge in [-0.3, -0.25) is 20.2 Å². The summed E-state index contributed by atoms with van der Waals surface area (Å²) in [6.45, 7) is 4.21. The van der Waals surface area contributed by atoms with Crippen LogP contribution in [0.2, 0.25) is 0 Å². The Kier molecular flexibility index (Phi) is 11.5. The number of allylic oxidation sites excluding steroid dienone is 1. The minimum atomic E-state index is -0.749. The lowest BCUT2D eigenvalue weighted by molar-refractivity contribution is -0.531. The monoisotopic (exact) mass is 622 g/mol. The molecule has 0 bridgehead atoms. The summed E-state index contributed by atoms with van der Waals surface area (Å²) < 4.78 is 43.7. The first-order chi connectivity index (χ1) is 20.7. The third kappa shape index (κ3) is 7.69. The number of carbonyl (C=O) groups excluding carboxylic acids is 2. The lowest BCUT2D eigenvalue weighted by Gasteiger charge is -2.47. The molecule has 0 atom stereocenters. The van der Waals surface area contributed by atoms with Gasteiger partial charge in [0.1, 0.15) is 28.4 Å². The fraction of sp³-hybridized carbons (Fsp3) is 0.517. The third-order valence-electron chi connectivity index (χ3n) is 7.73. The summed E-state index contributed by atoms with van der Waals surface area (Å²) >= 11 is 1.05. The van der Waals surface area contributed by atoms with Gasteiger partial charge in [-0.15, -0.1) is 10.2 Å². The van der Waals surface area contributed by atoms with Crippen molar-refractivity contribution >= 4 is 28.6 Å². The van der Waals surface area contributed by atoms with E-state index in [0.717, 1.165) is 36.3 Å². The molecule has 2 aromatic rings. The molecule has 2 heterocycles. The zero-order chi connectivity index (χ0) is 31.0. The zero-order valence-electron chi connectivity index (χ0n) is 24.5. The van der Waals surface area contributed by atoms with Crippen molar-refractivity contribution in [1.29, 1.82) is 0 Å². The van der Waals surface area contributed by atoms with E-state index in [4.69, 9.17) is 14.2 Å². The van der Waals surface area contributed by atoms with E-state index in [2.05, 4.69) is 15.5 Å². The molecule has 0 spiro atoms. The maximum Gasteiger partial charge on any atom is 0.313 e. The highest BCUT2D eigenvalue weighted by Gasteiger charge is 2.45. The number of hydrogen-bond acceptors (Lipinski definition) is 10. The van der Waals surface area contributed by atoms with Crippen molar-refractivity contribution in [1.82, 2.24) is 20.4 Å². The van der Waals surface area contributed by atoms with E-state index in [1.54, 1.807) is 19.1 Å². The molecular weight excluding hydrogens is 584 g/mol. The van der Waals surface area contributed by atoms with E-state index in [-0.39, 0.29) is 34.4 Å². The predicted molar refractivity (Wildman–Crippen MR) is 154 cm³/mol. The van der Waals surface area contributed by atoms with E-state index >= 15 is 0 Å². The number of Topliss-reactive ketones (excluding diaryl/α,β-unsaturated/α-hetero) is 1. The van der Waals surface area contributed by atoms with E-state index in [0.29, 0.717) is 50.8 Å². The van der Waals surface area contributed by atoms with Gasteiger partial charge in [0, 0.05) is 26.1 Å². The van der Waals surface area contributed by atoms with Crippen LogP contribution in [0.4, 0.5) is 8.78 Å². The Labute approximate surface area is 252 Å². The lowest BCUT2D eigenvalue weighted by atomic mass is 9.85. The summed E-state index contributed by atoms with van der Waals surface area (Å²) in [5.41, 5.74) is -0.457. The summed E-state index contributed by atoms with van der Waals surface area (Å²) in [7, 11) is 3.42. The van der Waals surface area contributed by atoms with Crippen molar-refractivity contribution < 1.29 is 43.0 Å². The highest BCUT2D eigenvalue weighted by atomic mass is 32.1. The van der Waals surface area contributed by atoms with Gasteiger partial charge in [-0.05, 0) is 51.3 Å². The number of ether oxygens (including phenoxy) is 3. The topological polar surface area (TPSA) is 140 Å². The maximum absolute atomic E-state index is 14.1. The molecule has 1 aliphatic heterocycles. The normalized spacial score (nSPS) is 20.8. The van der Waals surface area contributed by atoms with Crippen molar-refractivity contribution in [2.45, 2.75) is 50.8 Å². The first-order valence-corrected chi connectivity index (χ1v) is 15.0. The van der Waals surface area contributed by atoms with E-state index in [9.17, 15) is 23.5 Å².